The van der Waals surface area contributed by atoms with Gasteiger partial charge in [-0.25, -0.2) is 5.43 Å². The van der Waals surface area contributed by atoms with Gasteiger partial charge < -0.3 is 9.47 Å². The lowest BCUT2D eigenvalue weighted by Gasteiger charge is -2.07. The first-order valence-electron chi connectivity index (χ1n) is 10.3. The molecule has 7 heteroatoms. The molecule has 0 atom stereocenters. The molecule has 0 saturated carbocycles. The second-order valence-electron chi connectivity index (χ2n) is 7.59. The van der Waals surface area contributed by atoms with Crippen molar-refractivity contribution >= 4 is 22.9 Å². The molecule has 1 aliphatic carbocycles. The normalized spacial score (nSPS) is 12.4. The zero-order valence-corrected chi connectivity index (χ0v) is 17.8. The van der Waals surface area contributed by atoms with Gasteiger partial charge in [-0.2, -0.15) is 10.2 Å². The minimum atomic E-state index is -0.376. The van der Waals surface area contributed by atoms with Crippen LogP contribution in [0.25, 0.3) is 22.0 Å². The highest BCUT2D eigenvalue weighted by atomic mass is 16.5. The summed E-state index contributed by atoms with van der Waals surface area (Å²) in [5.74, 6) is 0.896. The molecule has 1 heterocycles. The third-order valence-corrected chi connectivity index (χ3v) is 5.79. The first-order valence-corrected chi connectivity index (χ1v) is 10.3. The zero-order valence-electron chi connectivity index (χ0n) is 17.8. The summed E-state index contributed by atoms with van der Waals surface area (Å²) in [6, 6.07) is 17.7. The Morgan fingerprint density at radius 3 is 2.72 bits per heavy atom. The molecular weight excluding hydrogens is 404 g/mol. The number of rotatable bonds is 6. The molecule has 1 amide bonds. The molecule has 2 N–H and O–H groups in total. The number of hydrogen-bond acceptors (Lipinski definition) is 5. The van der Waals surface area contributed by atoms with Crippen molar-refractivity contribution in [2.45, 2.75) is 12.8 Å². The number of aromatic nitrogens is 2. The summed E-state index contributed by atoms with van der Waals surface area (Å²) < 4.78 is 10.5. The van der Waals surface area contributed by atoms with Crippen LogP contribution in [0.3, 0.4) is 0 Å². The summed E-state index contributed by atoms with van der Waals surface area (Å²) in [6.45, 7) is 0. The number of ether oxygens (including phenoxy) is 2. The van der Waals surface area contributed by atoms with Crippen LogP contribution in [0, 0.1) is 0 Å². The molecule has 32 heavy (non-hydrogen) atoms. The third-order valence-electron chi connectivity index (χ3n) is 5.79. The molecule has 1 aromatic heterocycles. The van der Waals surface area contributed by atoms with Crippen molar-refractivity contribution in [3.05, 3.63) is 77.0 Å². The van der Waals surface area contributed by atoms with Crippen LogP contribution in [-0.2, 0) is 12.8 Å². The fourth-order valence-corrected chi connectivity index (χ4v) is 4.19. The summed E-state index contributed by atoms with van der Waals surface area (Å²) in [6.07, 6.45) is 3.67. The molecule has 7 nitrogen and oxygen atoms in total. The Labute approximate surface area is 185 Å². The number of benzene rings is 3. The largest absolute Gasteiger partial charge is 0.497 e. The molecule has 0 aliphatic heterocycles. The molecule has 160 valence electrons. The number of carbonyl (C=O) groups is 1. The summed E-state index contributed by atoms with van der Waals surface area (Å²) in [7, 11) is 3.15. The van der Waals surface area contributed by atoms with E-state index in [1.165, 1.54) is 28.1 Å². The monoisotopic (exact) mass is 426 g/mol. The van der Waals surface area contributed by atoms with Crippen LogP contribution in [0.5, 0.6) is 11.5 Å². The lowest BCUT2D eigenvalue weighted by atomic mass is 9.98. The maximum absolute atomic E-state index is 12.6. The fourth-order valence-electron chi connectivity index (χ4n) is 4.19. The molecule has 0 radical (unpaired) electrons. The van der Waals surface area contributed by atoms with Crippen LogP contribution in [0.1, 0.15) is 27.2 Å². The molecule has 3 aromatic carbocycles. The Hall–Kier alpha value is -4.13. The Bertz CT molecular complexity index is 1350. The molecule has 0 unspecified atom stereocenters. The van der Waals surface area contributed by atoms with Gasteiger partial charge in [-0.05, 0) is 52.9 Å². The average Bonchev–Trinajstić information content (AvgIpc) is 3.48. The van der Waals surface area contributed by atoms with Crippen LogP contribution in [-0.4, -0.2) is 36.5 Å². The number of amides is 1. The van der Waals surface area contributed by atoms with Gasteiger partial charge in [0.1, 0.15) is 17.2 Å². The summed E-state index contributed by atoms with van der Waals surface area (Å²) in [4.78, 5) is 12.6. The second-order valence-corrected chi connectivity index (χ2v) is 7.59. The molecule has 1 aliphatic rings. The quantitative estimate of drug-likeness (QED) is 0.359. The van der Waals surface area contributed by atoms with E-state index >= 15 is 0 Å². The van der Waals surface area contributed by atoms with Gasteiger partial charge in [0.15, 0.2) is 0 Å². The lowest BCUT2D eigenvalue weighted by molar-refractivity contribution is 0.0950. The van der Waals surface area contributed by atoms with Crippen LogP contribution < -0.4 is 14.9 Å². The number of H-pyrrole nitrogens is 1. The number of carbonyl (C=O) groups excluding carboxylic acids is 1. The first-order chi connectivity index (χ1) is 15.7. The number of methoxy groups -OCH3 is 2. The highest BCUT2D eigenvalue weighted by molar-refractivity contribution is 6.02. The van der Waals surface area contributed by atoms with Crippen LogP contribution >= 0.6 is 0 Å². The van der Waals surface area contributed by atoms with E-state index in [-0.39, 0.29) is 5.91 Å². The number of aromatic amines is 1. The van der Waals surface area contributed by atoms with E-state index < -0.39 is 0 Å². The van der Waals surface area contributed by atoms with Gasteiger partial charge in [-0.3, -0.25) is 9.89 Å². The second kappa shape index (κ2) is 8.19. The summed E-state index contributed by atoms with van der Waals surface area (Å²) in [5, 5.41) is 13.7. The predicted molar refractivity (Wildman–Crippen MR) is 124 cm³/mol. The first kappa shape index (κ1) is 19.8. The summed E-state index contributed by atoms with van der Waals surface area (Å²) in [5.41, 5.74) is 8.06. The standard InChI is InChI=1S/C25H22N4O3/c1-31-18-10-8-17(23(12-18)32-2)14-26-29-25(30)22-13-21(27-28-22)19-11-9-16-7-6-15-4-3-5-20(19)24(15)16/h3-5,8-14H,6-7H2,1-2H3,(H,27,28)(H,29,30). The number of hydrazone groups is 1. The number of hydrogen-bond donors (Lipinski definition) is 2. The maximum atomic E-state index is 12.6. The van der Waals surface area contributed by atoms with E-state index in [1.54, 1.807) is 38.5 Å². The van der Waals surface area contributed by atoms with Gasteiger partial charge in [-0.1, -0.05) is 30.3 Å². The van der Waals surface area contributed by atoms with Crippen molar-refractivity contribution in [3.8, 4) is 22.8 Å². The van der Waals surface area contributed by atoms with Crippen molar-refractivity contribution < 1.29 is 14.3 Å². The smallest absolute Gasteiger partial charge is 0.289 e. The van der Waals surface area contributed by atoms with Gasteiger partial charge >= 0.3 is 0 Å². The van der Waals surface area contributed by atoms with E-state index in [1.807, 2.05) is 0 Å². The molecular formula is C25H22N4O3. The van der Waals surface area contributed by atoms with Crippen molar-refractivity contribution in [2.75, 3.05) is 14.2 Å². The van der Waals surface area contributed by atoms with Crippen molar-refractivity contribution in [3.63, 3.8) is 0 Å². The van der Waals surface area contributed by atoms with Gasteiger partial charge in [0.25, 0.3) is 5.91 Å². The number of nitrogens with one attached hydrogen (secondary N) is 2. The van der Waals surface area contributed by atoms with Crippen LogP contribution in [0.15, 0.2) is 59.7 Å². The minimum Gasteiger partial charge on any atom is -0.497 e. The fraction of sp³-hybridized carbons (Fsp3) is 0.160. The number of nitrogens with zero attached hydrogens (tertiary/aromatic N) is 2. The van der Waals surface area contributed by atoms with Gasteiger partial charge in [0.2, 0.25) is 0 Å². The SMILES string of the molecule is COc1ccc(C=NNC(=O)c2cc(-c3ccc4c5c(cccc35)CC4)n[nH]2)c(OC)c1. The molecule has 0 fully saturated rings. The minimum absolute atomic E-state index is 0.335. The average molecular weight is 426 g/mol. The van der Waals surface area contributed by atoms with Gasteiger partial charge in [-0.15, -0.1) is 0 Å². The predicted octanol–water partition coefficient (Wildman–Crippen LogP) is 4.11. The molecule has 0 bridgehead atoms. The van der Waals surface area contributed by atoms with Crippen LogP contribution in [0.2, 0.25) is 0 Å². The highest BCUT2D eigenvalue weighted by Crippen LogP contribution is 2.36. The van der Waals surface area contributed by atoms with Gasteiger partial charge in [0, 0.05) is 17.2 Å². The van der Waals surface area contributed by atoms with Crippen molar-refractivity contribution in [2.24, 2.45) is 5.10 Å². The third kappa shape index (κ3) is 3.47. The van der Waals surface area contributed by atoms with E-state index in [0.717, 1.165) is 24.1 Å². The maximum Gasteiger partial charge on any atom is 0.289 e. The van der Waals surface area contributed by atoms with Gasteiger partial charge in [0.05, 0.1) is 26.1 Å². The molecule has 4 aromatic rings. The topological polar surface area (TPSA) is 88.6 Å². The Morgan fingerprint density at radius 2 is 1.91 bits per heavy atom. The Balaban J connectivity index is 1.35. The molecule has 0 spiro atoms. The van der Waals surface area contributed by atoms with Crippen molar-refractivity contribution in [1.82, 2.24) is 15.6 Å². The summed E-state index contributed by atoms with van der Waals surface area (Å²) >= 11 is 0. The highest BCUT2D eigenvalue weighted by Gasteiger charge is 2.18. The van der Waals surface area contributed by atoms with E-state index in [4.69, 9.17) is 9.47 Å². The number of aryl methyl sites for hydroxylation is 2. The van der Waals surface area contributed by atoms with E-state index in [9.17, 15) is 4.79 Å². The lowest BCUT2D eigenvalue weighted by Crippen LogP contribution is -2.18. The van der Waals surface area contributed by atoms with Crippen LogP contribution in [0.4, 0.5) is 0 Å². The molecule has 5 rings (SSSR count). The van der Waals surface area contributed by atoms with Crippen molar-refractivity contribution in [1.29, 1.82) is 0 Å². The molecule has 0 saturated heterocycles. The zero-order chi connectivity index (χ0) is 22.1. The Kier molecular flexibility index (Phi) is 5.07. The van der Waals surface area contributed by atoms with E-state index in [0.29, 0.717) is 22.8 Å². The Morgan fingerprint density at radius 1 is 1.06 bits per heavy atom. The van der Waals surface area contributed by atoms with E-state index in [2.05, 4.69) is 51.1 Å².